The summed E-state index contributed by atoms with van der Waals surface area (Å²) in [6, 6.07) is 8.72. The fourth-order valence-electron chi connectivity index (χ4n) is 4.18. The monoisotopic (exact) mass is 341 g/mol. The largest absolute Gasteiger partial charge is 0.361 e. The molecule has 2 aromatic rings. The van der Waals surface area contributed by atoms with E-state index in [0.29, 0.717) is 12.5 Å². The van der Waals surface area contributed by atoms with Gasteiger partial charge in [-0.1, -0.05) is 37.5 Å². The van der Waals surface area contributed by atoms with Gasteiger partial charge < -0.3 is 15.2 Å². The summed E-state index contributed by atoms with van der Waals surface area (Å²) >= 11 is 0. The minimum absolute atomic E-state index is 0.160. The number of hydrogen-bond acceptors (Lipinski definition) is 2. The van der Waals surface area contributed by atoms with Crippen LogP contribution < -0.4 is 5.32 Å². The zero-order valence-corrected chi connectivity index (χ0v) is 15.6. The van der Waals surface area contributed by atoms with Gasteiger partial charge in [-0.05, 0) is 50.9 Å². The van der Waals surface area contributed by atoms with E-state index in [2.05, 4.69) is 41.4 Å². The molecule has 1 amide bonds. The van der Waals surface area contributed by atoms with E-state index in [9.17, 15) is 4.79 Å². The molecule has 4 nitrogen and oxygen atoms in total. The topological polar surface area (TPSA) is 48.1 Å². The Morgan fingerprint density at radius 2 is 2.00 bits per heavy atom. The zero-order valence-electron chi connectivity index (χ0n) is 15.6. The number of aromatic amines is 1. The van der Waals surface area contributed by atoms with Crippen molar-refractivity contribution in [3.8, 4) is 0 Å². The third kappa shape index (κ3) is 4.63. The van der Waals surface area contributed by atoms with Crippen LogP contribution in [0.4, 0.5) is 0 Å². The average Bonchev–Trinajstić information content (AvgIpc) is 3.04. The molecule has 0 radical (unpaired) electrons. The number of nitrogens with zero attached hydrogens (tertiary/aromatic N) is 1. The number of amides is 1. The van der Waals surface area contributed by atoms with E-state index in [1.165, 1.54) is 43.1 Å². The van der Waals surface area contributed by atoms with Crippen LogP contribution in [0.2, 0.25) is 0 Å². The predicted octanol–water partition coefficient (Wildman–Crippen LogP) is 3.73. The van der Waals surface area contributed by atoms with E-state index in [1.54, 1.807) is 0 Å². The molecule has 1 aliphatic carbocycles. The first-order valence-corrected chi connectivity index (χ1v) is 9.63. The molecule has 1 aliphatic rings. The van der Waals surface area contributed by atoms with Gasteiger partial charge in [0.15, 0.2) is 0 Å². The number of carbonyl (C=O) groups is 1. The molecule has 1 aromatic carbocycles. The summed E-state index contributed by atoms with van der Waals surface area (Å²) < 4.78 is 0. The molecule has 25 heavy (non-hydrogen) atoms. The fourth-order valence-corrected chi connectivity index (χ4v) is 4.18. The molecule has 0 bridgehead atoms. The number of fused-ring (bicyclic) bond motifs is 1. The molecular weight excluding hydrogens is 310 g/mol. The van der Waals surface area contributed by atoms with E-state index in [4.69, 9.17) is 0 Å². The number of aryl methyl sites for hydroxylation is 1. The van der Waals surface area contributed by atoms with Crippen molar-refractivity contribution in [3.63, 3.8) is 0 Å². The van der Waals surface area contributed by atoms with E-state index < -0.39 is 0 Å². The van der Waals surface area contributed by atoms with Crippen molar-refractivity contribution in [2.45, 2.75) is 51.0 Å². The van der Waals surface area contributed by atoms with Crippen LogP contribution in [-0.2, 0) is 11.2 Å². The number of likely N-dealkylation sites (N-methyl/N-ethyl adjacent to an activating group) is 1. The fraction of sp³-hybridized carbons (Fsp3) is 0.571. The second kappa shape index (κ2) is 8.52. The van der Waals surface area contributed by atoms with Gasteiger partial charge in [0, 0.05) is 36.1 Å². The van der Waals surface area contributed by atoms with Crippen molar-refractivity contribution in [1.82, 2.24) is 15.2 Å². The van der Waals surface area contributed by atoms with Crippen molar-refractivity contribution >= 4 is 16.8 Å². The van der Waals surface area contributed by atoms with Gasteiger partial charge in [0.1, 0.15) is 0 Å². The van der Waals surface area contributed by atoms with E-state index in [1.807, 2.05) is 18.3 Å². The van der Waals surface area contributed by atoms with Crippen LogP contribution in [0.15, 0.2) is 30.5 Å². The molecule has 1 atom stereocenters. The molecule has 0 unspecified atom stereocenters. The number of nitrogens with one attached hydrogen (secondary N) is 2. The SMILES string of the molecule is CN(C)[C@@H](CNC(=O)CCc1c[nH]c2ccccc12)C1CCCCC1. The molecule has 1 saturated carbocycles. The highest BCUT2D eigenvalue weighted by molar-refractivity contribution is 5.84. The number of hydrogen-bond donors (Lipinski definition) is 2. The Labute approximate surface area is 151 Å². The summed E-state index contributed by atoms with van der Waals surface area (Å²) in [6.07, 6.45) is 10.0. The second-order valence-corrected chi connectivity index (χ2v) is 7.59. The Kier molecular flexibility index (Phi) is 6.14. The molecule has 0 saturated heterocycles. The smallest absolute Gasteiger partial charge is 0.220 e. The summed E-state index contributed by atoms with van der Waals surface area (Å²) in [6.45, 7) is 0.768. The summed E-state index contributed by atoms with van der Waals surface area (Å²) in [5.74, 6) is 0.880. The Morgan fingerprint density at radius 3 is 2.76 bits per heavy atom. The van der Waals surface area contributed by atoms with Crippen molar-refractivity contribution < 1.29 is 4.79 Å². The maximum Gasteiger partial charge on any atom is 0.220 e. The van der Waals surface area contributed by atoms with E-state index >= 15 is 0 Å². The number of carbonyl (C=O) groups excluding carboxylic acids is 1. The van der Waals surface area contributed by atoms with Crippen molar-refractivity contribution in [2.24, 2.45) is 5.92 Å². The highest BCUT2D eigenvalue weighted by atomic mass is 16.1. The lowest BCUT2D eigenvalue weighted by molar-refractivity contribution is -0.121. The van der Waals surface area contributed by atoms with Gasteiger partial charge in [-0.3, -0.25) is 4.79 Å². The highest BCUT2D eigenvalue weighted by Gasteiger charge is 2.25. The second-order valence-electron chi connectivity index (χ2n) is 7.59. The maximum atomic E-state index is 12.3. The van der Waals surface area contributed by atoms with Gasteiger partial charge in [0.05, 0.1) is 0 Å². The quantitative estimate of drug-likeness (QED) is 0.806. The maximum absolute atomic E-state index is 12.3. The van der Waals surface area contributed by atoms with Crippen LogP contribution in [0.5, 0.6) is 0 Å². The standard InChI is InChI=1S/C21H31N3O/c1-24(2)20(16-8-4-3-5-9-16)15-23-21(25)13-12-17-14-22-19-11-7-6-10-18(17)19/h6-7,10-11,14,16,20,22H,3-5,8-9,12-13,15H2,1-2H3,(H,23,25)/t20-/m0/s1. The van der Waals surface area contributed by atoms with Crippen LogP contribution in [0, 0.1) is 5.92 Å². The van der Waals surface area contributed by atoms with Crippen LogP contribution in [0.3, 0.4) is 0 Å². The van der Waals surface area contributed by atoms with Crippen molar-refractivity contribution in [3.05, 3.63) is 36.0 Å². The van der Waals surface area contributed by atoms with Crippen LogP contribution in [-0.4, -0.2) is 42.5 Å². The predicted molar refractivity (Wildman–Crippen MR) is 104 cm³/mol. The number of H-pyrrole nitrogens is 1. The van der Waals surface area contributed by atoms with Gasteiger partial charge in [-0.2, -0.15) is 0 Å². The van der Waals surface area contributed by atoms with Gasteiger partial charge in [-0.25, -0.2) is 0 Å². The summed E-state index contributed by atoms with van der Waals surface area (Å²) in [4.78, 5) is 17.9. The molecule has 2 N–H and O–H groups in total. The molecule has 1 heterocycles. The van der Waals surface area contributed by atoms with Crippen LogP contribution in [0.25, 0.3) is 10.9 Å². The number of rotatable bonds is 7. The van der Waals surface area contributed by atoms with Crippen molar-refractivity contribution in [1.29, 1.82) is 0 Å². The van der Waals surface area contributed by atoms with Crippen LogP contribution >= 0.6 is 0 Å². The molecule has 0 spiro atoms. The molecule has 3 rings (SSSR count). The average molecular weight is 341 g/mol. The van der Waals surface area contributed by atoms with Gasteiger partial charge in [-0.15, -0.1) is 0 Å². The Bertz CT molecular complexity index is 685. The molecule has 1 fully saturated rings. The van der Waals surface area contributed by atoms with E-state index in [0.717, 1.165) is 24.4 Å². The Morgan fingerprint density at radius 1 is 1.24 bits per heavy atom. The normalized spacial score (nSPS) is 17.1. The van der Waals surface area contributed by atoms with E-state index in [-0.39, 0.29) is 5.91 Å². The molecular formula is C21H31N3O. The first kappa shape index (κ1) is 18.0. The number of aromatic nitrogens is 1. The van der Waals surface area contributed by atoms with Crippen molar-refractivity contribution in [2.75, 3.05) is 20.6 Å². The molecule has 4 heteroatoms. The van der Waals surface area contributed by atoms with Gasteiger partial charge in [0.2, 0.25) is 5.91 Å². The minimum atomic E-state index is 0.160. The third-order valence-corrected chi connectivity index (χ3v) is 5.66. The number of benzene rings is 1. The van der Waals surface area contributed by atoms with Gasteiger partial charge in [0.25, 0.3) is 0 Å². The van der Waals surface area contributed by atoms with Crippen LogP contribution in [0.1, 0.15) is 44.1 Å². The number of para-hydroxylation sites is 1. The lowest BCUT2D eigenvalue weighted by Crippen LogP contribution is -2.45. The minimum Gasteiger partial charge on any atom is -0.361 e. The Balaban J connectivity index is 1.49. The Hall–Kier alpha value is -1.81. The molecule has 136 valence electrons. The zero-order chi connectivity index (χ0) is 17.6. The molecule has 1 aromatic heterocycles. The summed E-state index contributed by atoms with van der Waals surface area (Å²) in [7, 11) is 4.27. The first-order valence-electron chi connectivity index (χ1n) is 9.63. The highest BCUT2D eigenvalue weighted by Crippen LogP contribution is 2.28. The van der Waals surface area contributed by atoms with Gasteiger partial charge >= 0.3 is 0 Å². The summed E-state index contributed by atoms with van der Waals surface area (Å²) in [5, 5.41) is 4.41. The summed E-state index contributed by atoms with van der Waals surface area (Å²) in [5.41, 5.74) is 2.37. The lowest BCUT2D eigenvalue weighted by Gasteiger charge is -2.35. The lowest BCUT2D eigenvalue weighted by atomic mass is 9.83. The molecule has 0 aliphatic heterocycles. The third-order valence-electron chi connectivity index (χ3n) is 5.66. The first-order chi connectivity index (χ1) is 12.1.